The molecular weight excluding hydrogens is 242 g/mol. The number of rotatable bonds is 4. The van der Waals surface area contributed by atoms with Crippen molar-refractivity contribution >= 4 is 5.91 Å². The third-order valence-corrected chi connectivity index (χ3v) is 3.80. The highest BCUT2D eigenvalue weighted by Crippen LogP contribution is 2.23. The highest BCUT2D eigenvalue weighted by molar-refractivity contribution is 5.91. The Morgan fingerprint density at radius 2 is 2.32 bits per heavy atom. The Labute approximate surface area is 114 Å². The number of hydrogen-bond acceptors (Lipinski definition) is 4. The molecule has 0 saturated carbocycles. The normalized spacial score (nSPS) is 20.0. The van der Waals surface area contributed by atoms with E-state index < -0.39 is 0 Å². The molecule has 5 heteroatoms. The SMILES string of the molecule is CCC(CC)c1cc(C(=O)N2CCNC(C)C2)on1. The molecule has 0 aliphatic carbocycles. The zero-order valence-electron chi connectivity index (χ0n) is 12.0. The lowest BCUT2D eigenvalue weighted by Crippen LogP contribution is -2.51. The van der Waals surface area contributed by atoms with E-state index in [4.69, 9.17) is 4.52 Å². The van der Waals surface area contributed by atoms with E-state index >= 15 is 0 Å². The average molecular weight is 265 g/mol. The van der Waals surface area contributed by atoms with Gasteiger partial charge in [0.1, 0.15) is 0 Å². The Bertz CT molecular complexity index is 426. The molecule has 106 valence electrons. The summed E-state index contributed by atoms with van der Waals surface area (Å²) in [5.74, 6) is 0.710. The fourth-order valence-electron chi connectivity index (χ4n) is 2.56. The molecule has 1 aromatic heterocycles. The second-order valence-corrected chi connectivity index (χ2v) is 5.24. The molecule has 19 heavy (non-hydrogen) atoms. The summed E-state index contributed by atoms with van der Waals surface area (Å²) in [5.41, 5.74) is 0.900. The van der Waals surface area contributed by atoms with Crippen molar-refractivity contribution in [3.63, 3.8) is 0 Å². The maximum absolute atomic E-state index is 12.3. The van der Waals surface area contributed by atoms with Crippen molar-refractivity contribution in [1.82, 2.24) is 15.4 Å². The first-order valence-electron chi connectivity index (χ1n) is 7.15. The summed E-state index contributed by atoms with van der Waals surface area (Å²) < 4.78 is 5.24. The molecule has 1 saturated heterocycles. The molecule has 0 bridgehead atoms. The molecule has 1 amide bonds. The first kappa shape index (κ1) is 14.1. The van der Waals surface area contributed by atoms with Gasteiger partial charge in [0.2, 0.25) is 5.76 Å². The molecule has 1 aliphatic rings. The standard InChI is InChI=1S/C14H23N3O2/c1-4-11(5-2)12-8-13(19-16-12)14(18)17-7-6-15-10(3)9-17/h8,10-11,15H,4-7,9H2,1-3H3. The fraction of sp³-hybridized carbons (Fsp3) is 0.714. The quantitative estimate of drug-likeness (QED) is 0.904. The van der Waals surface area contributed by atoms with Crippen LogP contribution in [0, 0.1) is 0 Å². The lowest BCUT2D eigenvalue weighted by Gasteiger charge is -2.31. The van der Waals surface area contributed by atoms with Crippen molar-refractivity contribution < 1.29 is 9.32 Å². The van der Waals surface area contributed by atoms with Crippen LogP contribution in [-0.2, 0) is 0 Å². The maximum atomic E-state index is 12.3. The molecule has 2 rings (SSSR count). The Balaban J connectivity index is 2.07. The van der Waals surface area contributed by atoms with Crippen LogP contribution in [0.3, 0.4) is 0 Å². The number of amides is 1. The molecule has 1 aliphatic heterocycles. The van der Waals surface area contributed by atoms with Crippen molar-refractivity contribution in [2.75, 3.05) is 19.6 Å². The molecule has 0 radical (unpaired) electrons. The molecule has 1 aromatic rings. The zero-order chi connectivity index (χ0) is 13.8. The molecule has 1 N–H and O–H groups in total. The molecule has 1 fully saturated rings. The van der Waals surface area contributed by atoms with Crippen LogP contribution in [0.4, 0.5) is 0 Å². The van der Waals surface area contributed by atoms with E-state index in [1.807, 2.05) is 11.0 Å². The van der Waals surface area contributed by atoms with Gasteiger partial charge in [-0.3, -0.25) is 4.79 Å². The summed E-state index contributed by atoms with van der Waals surface area (Å²) in [7, 11) is 0. The van der Waals surface area contributed by atoms with Gasteiger partial charge in [-0.2, -0.15) is 0 Å². The second-order valence-electron chi connectivity index (χ2n) is 5.24. The molecule has 0 aromatic carbocycles. The molecule has 0 spiro atoms. The van der Waals surface area contributed by atoms with E-state index in [0.29, 0.717) is 17.7 Å². The van der Waals surface area contributed by atoms with E-state index in [-0.39, 0.29) is 5.91 Å². The summed E-state index contributed by atoms with van der Waals surface area (Å²) in [6, 6.07) is 2.14. The average Bonchev–Trinajstić information content (AvgIpc) is 2.89. The van der Waals surface area contributed by atoms with Crippen molar-refractivity contribution in [1.29, 1.82) is 0 Å². The lowest BCUT2D eigenvalue weighted by atomic mass is 9.99. The van der Waals surface area contributed by atoms with Crippen LogP contribution in [0.15, 0.2) is 10.6 Å². The van der Waals surface area contributed by atoms with E-state index in [9.17, 15) is 4.79 Å². The van der Waals surface area contributed by atoms with E-state index in [0.717, 1.165) is 38.2 Å². The second kappa shape index (κ2) is 6.19. The Hall–Kier alpha value is -1.36. The van der Waals surface area contributed by atoms with Crippen molar-refractivity contribution in [2.45, 2.75) is 45.6 Å². The van der Waals surface area contributed by atoms with E-state index in [2.05, 4.69) is 31.2 Å². The first-order valence-corrected chi connectivity index (χ1v) is 7.15. The van der Waals surface area contributed by atoms with Crippen molar-refractivity contribution in [3.05, 3.63) is 17.5 Å². The van der Waals surface area contributed by atoms with Crippen molar-refractivity contribution in [2.24, 2.45) is 0 Å². The van der Waals surface area contributed by atoms with Gasteiger partial charge < -0.3 is 14.7 Å². The summed E-state index contributed by atoms with van der Waals surface area (Å²) in [6.45, 7) is 8.62. The predicted molar refractivity (Wildman–Crippen MR) is 73.2 cm³/mol. The summed E-state index contributed by atoms with van der Waals surface area (Å²) in [5, 5.41) is 7.37. The summed E-state index contributed by atoms with van der Waals surface area (Å²) >= 11 is 0. The van der Waals surface area contributed by atoms with Gasteiger partial charge in [0.15, 0.2) is 0 Å². The van der Waals surface area contributed by atoms with Gasteiger partial charge in [0, 0.05) is 37.7 Å². The van der Waals surface area contributed by atoms with Gasteiger partial charge in [0.05, 0.1) is 5.69 Å². The Kier molecular flexibility index (Phi) is 4.58. The highest BCUT2D eigenvalue weighted by Gasteiger charge is 2.25. The van der Waals surface area contributed by atoms with Crippen LogP contribution in [0.2, 0.25) is 0 Å². The number of nitrogens with zero attached hydrogens (tertiary/aromatic N) is 2. The van der Waals surface area contributed by atoms with Crippen LogP contribution in [0.1, 0.15) is 55.8 Å². The van der Waals surface area contributed by atoms with Gasteiger partial charge in [-0.25, -0.2) is 0 Å². The first-order chi connectivity index (χ1) is 9.15. The minimum atomic E-state index is -0.0435. The van der Waals surface area contributed by atoms with Crippen LogP contribution < -0.4 is 5.32 Å². The van der Waals surface area contributed by atoms with Gasteiger partial charge in [-0.05, 0) is 19.8 Å². The highest BCUT2D eigenvalue weighted by atomic mass is 16.5. The van der Waals surface area contributed by atoms with Crippen molar-refractivity contribution in [3.8, 4) is 0 Å². The smallest absolute Gasteiger partial charge is 0.292 e. The number of hydrogen-bond donors (Lipinski definition) is 1. The van der Waals surface area contributed by atoms with Crippen LogP contribution >= 0.6 is 0 Å². The summed E-state index contributed by atoms with van der Waals surface area (Å²) in [4.78, 5) is 14.2. The lowest BCUT2D eigenvalue weighted by molar-refractivity contribution is 0.0667. The largest absolute Gasteiger partial charge is 0.351 e. The zero-order valence-corrected chi connectivity index (χ0v) is 12.0. The Morgan fingerprint density at radius 1 is 1.58 bits per heavy atom. The van der Waals surface area contributed by atoms with Crippen LogP contribution in [-0.4, -0.2) is 41.6 Å². The number of nitrogens with one attached hydrogen (secondary N) is 1. The number of carbonyl (C=O) groups excluding carboxylic acids is 1. The third kappa shape index (κ3) is 3.15. The van der Waals surface area contributed by atoms with Gasteiger partial charge in [0.25, 0.3) is 5.91 Å². The van der Waals surface area contributed by atoms with Gasteiger partial charge >= 0.3 is 0 Å². The molecule has 2 heterocycles. The minimum absolute atomic E-state index is 0.0435. The molecule has 5 nitrogen and oxygen atoms in total. The van der Waals surface area contributed by atoms with Crippen LogP contribution in [0.25, 0.3) is 0 Å². The fourth-order valence-corrected chi connectivity index (χ4v) is 2.56. The topological polar surface area (TPSA) is 58.4 Å². The molecule has 1 unspecified atom stereocenters. The van der Waals surface area contributed by atoms with E-state index in [1.54, 1.807) is 0 Å². The predicted octanol–water partition coefficient (Wildman–Crippen LogP) is 2.01. The number of aromatic nitrogens is 1. The minimum Gasteiger partial charge on any atom is -0.351 e. The summed E-state index contributed by atoms with van der Waals surface area (Å²) in [6.07, 6.45) is 2.03. The van der Waals surface area contributed by atoms with Gasteiger partial charge in [-0.1, -0.05) is 19.0 Å². The maximum Gasteiger partial charge on any atom is 0.292 e. The number of piperazine rings is 1. The van der Waals surface area contributed by atoms with Crippen LogP contribution in [0.5, 0.6) is 0 Å². The molecule has 1 atom stereocenters. The molecular formula is C14H23N3O2. The Morgan fingerprint density at radius 3 is 2.95 bits per heavy atom. The van der Waals surface area contributed by atoms with Gasteiger partial charge in [-0.15, -0.1) is 0 Å². The third-order valence-electron chi connectivity index (χ3n) is 3.80. The van der Waals surface area contributed by atoms with E-state index in [1.165, 1.54) is 0 Å². The monoisotopic (exact) mass is 265 g/mol. The number of carbonyl (C=O) groups is 1.